The standard InChI is InChI=1S/C18H38O3Si/c1-5-9-12-15-18-22(19-8-4,20-16-13-10-6-2)21-17-14-11-7-3/h8H,4-7,9-18H2,1-3H3. The smallest absolute Gasteiger partial charge is 0.508 e. The van der Waals surface area contributed by atoms with Crippen LogP contribution in [-0.2, 0) is 13.3 Å². The number of rotatable bonds is 17. The van der Waals surface area contributed by atoms with Crippen molar-refractivity contribution >= 4 is 8.80 Å². The van der Waals surface area contributed by atoms with Gasteiger partial charge in [0.15, 0.2) is 0 Å². The summed E-state index contributed by atoms with van der Waals surface area (Å²) in [5.41, 5.74) is 0. The molecule has 0 amide bonds. The molecule has 0 aromatic carbocycles. The average Bonchev–Trinajstić information content (AvgIpc) is 2.53. The molecule has 0 aliphatic heterocycles. The van der Waals surface area contributed by atoms with Gasteiger partial charge >= 0.3 is 8.80 Å². The van der Waals surface area contributed by atoms with E-state index in [1.807, 2.05) is 0 Å². The fraction of sp³-hybridized carbons (Fsp3) is 0.889. The van der Waals surface area contributed by atoms with Crippen LogP contribution in [0, 0.1) is 0 Å². The third kappa shape index (κ3) is 11.3. The number of hydrogen-bond acceptors (Lipinski definition) is 3. The maximum absolute atomic E-state index is 6.16. The highest BCUT2D eigenvalue weighted by molar-refractivity contribution is 6.60. The van der Waals surface area contributed by atoms with Gasteiger partial charge in [0.25, 0.3) is 0 Å². The van der Waals surface area contributed by atoms with Gasteiger partial charge in [0.05, 0.1) is 6.26 Å². The van der Waals surface area contributed by atoms with Crippen molar-refractivity contribution in [1.82, 2.24) is 0 Å². The van der Waals surface area contributed by atoms with Crippen molar-refractivity contribution in [2.75, 3.05) is 13.2 Å². The molecule has 0 saturated heterocycles. The third-order valence-electron chi connectivity index (χ3n) is 3.74. The van der Waals surface area contributed by atoms with Crippen molar-refractivity contribution in [3.63, 3.8) is 0 Å². The van der Waals surface area contributed by atoms with Crippen LogP contribution in [0.5, 0.6) is 0 Å². The van der Waals surface area contributed by atoms with E-state index in [1.54, 1.807) is 0 Å². The van der Waals surface area contributed by atoms with E-state index in [0.717, 1.165) is 38.5 Å². The minimum atomic E-state index is -2.56. The first kappa shape index (κ1) is 21.7. The summed E-state index contributed by atoms with van der Waals surface area (Å²) in [4.78, 5) is 0. The molecule has 0 heterocycles. The van der Waals surface area contributed by atoms with Gasteiger partial charge in [-0.05, 0) is 19.3 Å². The number of unbranched alkanes of at least 4 members (excludes halogenated alkanes) is 7. The molecule has 0 aromatic heterocycles. The van der Waals surface area contributed by atoms with Gasteiger partial charge in [-0.25, -0.2) is 0 Å². The quantitative estimate of drug-likeness (QED) is 0.184. The molecule has 3 nitrogen and oxygen atoms in total. The lowest BCUT2D eigenvalue weighted by atomic mass is 10.2. The van der Waals surface area contributed by atoms with E-state index in [0.29, 0.717) is 0 Å². The molecule has 0 spiro atoms. The average molecular weight is 331 g/mol. The van der Waals surface area contributed by atoms with Crippen LogP contribution in [0.1, 0.15) is 85.0 Å². The summed E-state index contributed by atoms with van der Waals surface area (Å²) in [6.07, 6.45) is 13.3. The summed E-state index contributed by atoms with van der Waals surface area (Å²) in [5.74, 6) is 0. The molecule has 0 fully saturated rings. The zero-order chi connectivity index (χ0) is 16.5. The summed E-state index contributed by atoms with van der Waals surface area (Å²) in [6, 6.07) is 0.914. The summed E-state index contributed by atoms with van der Waals surface area (Å²) >= 11 is 0. The molecule has 0 bridgehead atoms. The van der Waals surface area contributed by atoms with Gasteiger partial charge in [0, 0.05) is 19.3 Å². The second kappa shape index (κ2) is 15.6. The van der Waals surface area contributed by atoms with Crippen LogP contribution in [0.3, 0.4) is 0 Å². The minimum absolute atomic E-state index is 0.745. The zero-order valence-corrected chi connectivity index (χ0v) is 16.2. The Morgan fingerprint density at radius 3 is 1.68 bits per heavy atom. The van der Waals surface area contributed by atoms with E-state index in [9.17, 15) is 0 Å². The monoisotopic (exact) mass is 330 g/mol. The summed E-state index contributed by atoms with van der Waals surface area (Å²) in [5, 5.41) is 0. The van der Waals surface area contributed by atoms with Gasteiger partial charge in [-0.3, -0.25) is 0 Å². The molecule has 0 radical (unpaired) electrons. The molecular formula is C18H38O3Si. The summed E-state index contributed by atoms with van der Waals surface area (Å²) < 4.78 is 18.1. The molecule has 0 unspecified atom stereocenters. The Labute approximate surface area is 139 Å². The van der Waals surface area contributed by atoms with Gasteiger partial charge in [0.1, 0.15) is 0 Å². The fourth-order valence-electron chi connectivity index (χ4n) is 2.37. The highest BCUT2D eigenvalue weighted by atomic mass is 28.4. The van der Waals surface area contributed by atoms with Crippen LogP contribution in [0.2, 0.25) is 6.04 Å². The van der Waals surface area contributed by atoms with Crippen LogP contribution >= 0.6 is 0 Å². The predicted octanol–water partition coefficient (Wildman–Crippen LogP) is 6.08. The minimum Gasteiger partial charge on any atom is -0.508 e. The van der Waals surface area contributed by atoms with Crippen LogP contribution in [0.4, 0.5) is 0 Å². The molecule has 0 N–H and O–H groups in total. The SMILES string of the molecule is C=CO[Si](CCCCCC)(OCCCCC)OCCCCC. The lowest BCUT2D eigenvalue weighted by Gasteiger charge is -2.28. The zero-order valence-electron chi connectivity index (χ0n) is 15.2. The highest BCUT2D eigenvalue weighted by Crippen LogP contribution is 2.22. The van der Waals surface area contributed by atoms with E-state index in [4.69, 9.17) is 13.3 Å². The van der Waals surface area contributed by atoms with Crippen LogP contribution in [0.25, 0.3) is 0 Å². The number of hydrogen-bond donors (Lipinski definition) is 0. The molecule has 0 aliphatic rings. The Kier molecular flexibility index (Phi) is 15.3. The second-order valence-electron chi connectivity index (χ2n) is 5.89. The molecule has 22 heavy (non-hydrogen) atoms. The van der Waals surface area contributed by atoms with Gasteiger partial charge < -0.3 is 13.3 Å². The Morgan fingerprint density at radius 1 is 0.727 bits per heavy atom. The Balaban J connectivity index is 4.43. The first-order chi connectivity index (χ1) is 10.7. The molecule has 0 atom stereocenters. The Bertz CT molecular complexity index is 215. The molecule has 0 rings (SSSR count). The summed E-state index contributed by atoms with van der Waals surface area (Å²) in [7, 11) is -2.56. The first-order valence-corrected chi connectivity index (χ1v) is 11.2. The maximum atomic E-state index is 6.16. The fourth-order valence-corrected chi connectivity index (χ4v) is 4.84. The highest BCUT2D eigenvalue weighted by Gasteiger charge is 2.41. The van der Waals surface area contributed by atoms with Crippen LogP contribution in [-0.4, -0.2) is 22.0 Å². The molecule has 4 heteroatoms. The lowest BCUT2D eigenvalue weighted by molar-refractivity contribution is 0.0862. The topological polar surface area (TPSA) is 27.7 Å². The molecule has 0 aliphatic carbocycles. The normalized spacial score (nSPS) is 11.6. The van der Waals surface area contributed by atoms with E-state index >= 15 is 0 Å². The molecule has 132 valence electrons. The van der Waals surface area contributed by atoms with Crippen LogP contribution < -0.4 is 0 Å². The van der Waals surface area contributed by atoms with Gasteiger partial charge in [-0.15, -0.1) is 0 Å². The van der Waals surface area contributed by atoms with Gasteiger partial charge in [0.2, 0.25) is 0 Å². The van der Waals surface area contributed by atoms with Crippen molar-refractivity contribution in [3.05, 3.63) is 12.8 Å². The lowest BCUT2D eigenvalue weighted by Crippen LogP contribution is -2.45. The van der Waals surface area contributed by atoms with Crippen molar-refractivity contribution in [2.45, 2.75) is 91.0 Å². The molecule has 0 aromatic rings. The Morgan fingerprint density at radius 2 is 1.23 bits per heavy atom. The Hall–Kier alpha value is -0.323. The van der Waals surface area contributed by atoms with E-state index in [-0.39, 0.29) is 0 Å². The van der Waals surface area contributed by atoms with E-state index < -0.39 is 8.80 Å². The van der Waals surface area contributed by atoms with Crippen molar-refractivity contribution < 1.29 is 13.3 Å². The van der Waals surface area contributed by atoms with Crippen molar-refractivity contribution in [1.29, 1.82) is 0 Å². The third-order valence-corrected chi connectivity index (χ3v) is 6.52. The van der Waals surface area contributed by atoms with E-state index in [2.05, 4.69) is 27.4 Å². The second-order valence-corrected chi connectivity index (χ2v) is 8.57. The molecule has 0 saturated carbocycles. The largest absolute Gasteiger partial charge is 0.565 e. The van der Waals surface area contributed by atoms with E-state index in [1.165, 1.54) is 51.2 Å². The summed E-state index contributed by atoms with van der Waals surface area (Å²) in [6.45, 7) is 11.9. The maximum Gasteiger partial charge on any atom is 0.565 e. The predicted molar refractivity (Wildman–Crippen MR) is 96.9 cm³/mol. The van der Waals surface area contributed by atoms with Crippen LogP contribution in [0.15, 0.2) is 12.8 Å². The van der Waals surface area contributed by atoms with Crippen molar-refractivity contribution in [3.8, 4) is 0 Å². The molecular weight excluding hydrogens is 292 g/mol. The van der Waals surface area contributed by atoms with Gasteiger partial charge in [-0.1, -0.05) is 72.3 Å². The van der Waals surface area contributed by atoms with Gasteiger partial charge in [-0.2, -0.15) is 0 Å². The first-order valence-electron chi connectivity index (χ1n) is 9.31. The van der Waals surface area contributed by atoms with Crippen molar-refractivity contribution in [2.24, 2.45) is 0 Å².